The maximum absolute atomic E-state index is 13.3. The monoisotopic (exact) mass is 539 g/mol. The summed E-state index contributed by atoms with van der Waals surface area (Å²) in [5.74, 6) is -0.189. The Bertz CT molecular complexity index is 1440. The standard InChI is InChI=1S/C29H28F3N3O4/c1-34-19(15-33)14-27-24-17-7-8-21(36)25(24)39-26(27)20(10-11-28(27,38)22(34)13-17)35(2)23(37)9-6-16-4-3-5-18(12-16)29(30,31)32/h3-9,12,19-20,22,26,36,38H,10-11,13-14H2,1-2H3/t19?,20-,22+,26-,27-,28+/m0/s1. The Balaban J connectivity index is 1.37. The van der Waals surface area contributed by atoms with Crippen LogP contribution in [-0.2, 0) is 22.8 Å². The summed E-state index contributed by atoms with van der Waals surface area (Å²) in [5.41, 5.74) is -1.13. The van der Waals surface area contributed by atoms with Gasteiger partial charge in [-0.15, -0.1) is 0 Å². The van der Waals surface area contributed by atoms with E-state index in [9.17, 15) is 33.4 Å². The van der Waals surface area contributed by atoms with E-state index in [1.807, 2.05) is 18.0 Å². The number of hydrogen-bond donors (Lipinski definition) is 2. The van der Waals surface area contributed by atoms with Gasteiger partial charge in [-0.1, -0.05) is 18.2 Å². The summed E-state index contributed by atoms with van der Waals surface area (Å²) in [7, 11) is 3.45. The van der Waals surface area contributed by atoms with E-state index >= 15 is 0 Å². The van der Waals surface area contributed by atoms with Gasteiger partial charge < -0.3 is 19.8 Å². The van der Waals surface area contributed by atoms with E-state index in [0.717, 1.165) is 23.3 Å². The number of phenolic OH excluding ortho intramolecular Hbond substituents is 1. The summed E-state index contributed by atoms with van der Waals surface area (Å²) in [6, 6.07) is 9.16. The average Bonchev–Trinajstić information content (AvgIpc) is 3.25. The van der Waals surface area contributed by atoms with E-state index in [2.05, 4.69) is 6.07 Å². The Morgan fingerprint density at radius 1 is 1.31 bits per heavy atom. The predicted octanol–water partition coefficient (Wildman–Crippen LogP) is 3.63. The molecule has 2 bridgehead atoms. The van der Waals surface area contributed by atoms with Crippen molar-refractivity contribution in [2.24, 2.45) is 0 Å². The molecule has 2 N–H and O–H groups in total. The average molecular weight is 540 g/mol. The first-order chi connectivity index (χ1) is 18.4. The summed E-state index contributed by atoms with van der Waals surface area (Å²) < 4.78 is 45.7. The predicted molar refractivity (Wildman–Crippen MR) is 135 cm³/mol. The van der Waals surface area contributed by atoms with Gasteiger partial charge in [-0.3, -0.25) is 9.69 Å². The highest BCUT2D eigenvalue weighted by Crippen LogP contribution is 2.66. The van der Waals surface area contributed by atoms with Crippen molar-refractivity contribution in [2.45, 2.75) is 67.1 Å². The van der Waals surface area contributed by atoms with E-state index in [0.29, 0.717) is 25.0 Å². The highest BCUT2D eigenvalue weighted by molar-refractivity contribution is 5.92. The SMILES string of the molecule is CN(C(=O)C=Cc1cccc(C(F)(F)F)c1)[C@H]1CC[C@@]2(O)[C@H]3Cc4ccc(O)c5c4[C@@]2(CC(C#N)N3C)[C@H]1O5. The molecular weight excluding hydrogens is 511 g/mol. The molecule has 2 aliphatic heterocycles. The Labute approximate surface area is 223 Å². The molecule has 0 aromatic heterocycles. The van der Waals surface area contributed by atoms with Crippen LogP contribution in [0.3, 0.4) is 0 Å². The Kier molecular flexibility index (Phi) is 5.59. The third-order valence-electron chi connectivity index (χ3n) is 9.43. The minimum atomic E-state index is -4.49. The van der Waals surface area contributed by atoms with Crippen molar-refractivity contribution in [1.82, 2.24) is 9.80 Å². The van der Waals surface area contributed by atoms with Crippen molar-refractivity contribution in [1.29, 1.82) is 5.26 Å². The largest absolute Gasteiger partial charge is 0.504 e. The number of alkyl halides is 3. The Morgan fingerprint density at radius 2 is 2.08 bits per heavy atom. The molecule has 2 aliphatic carbocycles. The normalized spacial score (nSPS) is 32.8. The summed E-state index contributed by atoms with van der Waals surface area (Å²) in [5, 5.41) is 33.1. The number of amides is 1. The molecule has 1 saturated carbocycles. The van der Waals surface area contributed by atoms with Crippen molar-refractivity contribution in [3.63, 3.8) is 0 Å². The number of rotatable bonds is 3. The number of nitrogens with zero attached hydrogens (tertiary/aromatic N) is 3. The van der Waals surface area contributed by atoms with Gasteiger partial charge in [-0.05, 0) is 68.1 Å². The Hall–Kier alpha value is -3.55. The quantitative estimate of drug-likeness (QED) is 0.579. The molecule has 1 saturated heterocycles. The molecule has 2 heterocycles. The molecule has 204 valence electrons. The van der Waals surface area contributed by atoms with E-state index < -0.39 is 46.9 Å². The minimum Gasteiger partial charge on any atom is -0.504 e. The van der Waals surface area contributed by atoms with E-state index in [1.165, 1.54) is 29.2 Å². The number of phenols is 1. The van der Waals surface area contributed by atoms with Gasteiger partial charge in [-0.2, -0.15) is 18.4 Å². The first kappa shape index (κ1) is 25.7. The van der Waals surface area contributed by atoms with E-state index in [1.54, 1.807) is 13.1 Å². The highest BCUT2D eigenvalue weighted by atomic mass is 19.4. The number of benzene rings is 2. The van der Waals surface area contributed by atoms with Crippen LogP contribution in [0.5, 0.6) is 11.5 Å². The van der Waals surface area contributed by atoms with Gasteiger partial charge in [-0.25, -0.2) is 0 Å². The van der Waals surface area contributed by atoms with Crippen LogP contribution in [0.2, 0.25) is 0 Å². The van der Waals surface area contributed by atoms with Gasteiger partial charge >= 0.3 is 6.18 Å². The number of nitriles is 1. The lowest BCUT2D eigenvalue weighted by molar-refractivity contribution is -0.202. The molecule has 1 unspecified atom stereocenters. The highest BCUT2D eigenvalue weighted by Gasteiger charge is 2.74. The van der Waals surface area contributed by atoms with Gasteiger partial charge in [0, 0.05) is 24.7 Å². The van der Waals surface area contributed by atoms with Gasteiger partial charge in [0.15, 0.2) is 11.5 Å². The molecule has 2 fully saturated rings. The lowest BCUT2D eigenvalue weighted by Crippen LogP contribution is -2.79. The zero-order valence-electron chi connectivity index (χ0n) is 21.4. The van der Waals surface area contributed by atoms with Crippen molar-refractivity contribution in [3.8, 4) is 17.6 Å². The molecular formula is C29H28F3N3O4. The fraction of sp³-hybridized carbons (Fsp3) is 0.448. The van der Waals surface area contributed by atoms with Crippen LogP contribution < -0.4 is 4.74 Å². The summed E-state index contributed by atoms with van der Waals surface area (Å²) >= 11 is 0. The van der Waals surface area contributed by atoms with E-state index in [4.69, 9.17) is 4.74 Å². The summed E-state index contributed by atoms with van der Waals surface area (Å²) in [6.45, 7) is 0. The number of piperidine rings is 1. The van der Waals surface area contributed by atoms with Gasteiger partial charge in [0.1, 0.15) is 6.10 Å². The zero-order valence-corrected chi connectivity index (χ0v) is 21.4. The van der Waals surface area contributed by atoms with E-state index in [-0.39, 0.29) is 23.8 Å². The van der Waals surface area contributed by atoms with Gasteiger partial charge in [0.25, 0.3) is 0 Å². The summed E-state index contributed by atoms with van der Waals surface area (Å²) in [6.07, 6.45) is -1.09. The van der Waals surface area contributed by atoms with Crippen molar-refractivity contribution in [3.05, 3.63) is 64.7 Å². The minimum absolute atomic E-state index is 0.0528. The van der Waals surface area contributed by atoms with Crippen LogP contribution in [0.1, 0.15) is 41.5 Å². The third kappa shape index (κ3) is 3.46. The first-order valence-corrected chi connectivity index (χ1v) is 12.9. The topological polar surface area (TPSA) is 97.0 Å². The fourth-order valence-corrected chi connectivity index (χ4v) is 7.56. The molecule has 6 atom stereocenters. The first-order valence-electron chi connectivity index (χ1n) is 12.9. The molecule has 1 amide bonds. The van der Waals surface area contributed by atoms with Crippen molar-refractivity contribution in [2.75, 3.05) is 14.1 Å². The molecule has 1 spiro atoms. The van der Waals surface area contributed by atoms with Crippen LogP contribution >= 0.6 is 0 Å². The van der Waals surface area contributed by atoms with Gasteiger partial charge in [0.05, 0.1) is 34.7 Å². The van der Waals surface area contributed by atoms with Crippen molar-refractivity contribution < 1.29 is 32.9 Å². The fourth-order valence-electron chi connectivity index (χ4n) is 7.56. The number of aromatic hydroxyl groups is 1. The van der Waals surface area contributed by atoms with Crippen LogP contribution in [0, 0.1) is 11.3 Å². The maximum atomic E-state index is 13.3. The smallest absolute Gasteiger partial charge is 0.416 e. The number of halogens is 3. The lowest BCUT2D eigenvalue weighted by atomic mass is 9.47. The number of aliphatic hydroxyl groups is 1. The van der Waals surface area contributed by atoms with Crippen LogP contribution in [-0.4, -0.2) is 69.8 Å². The molecule has 2 aromatic carbocycles. The second-order valence-electron chi connectivity index (χ2n) is 11.1. The van der Waals surface area contributed by atoms with Crippen LogP contribution in [0.4, 0.5) is 13.2 Å². The summed E-state index contributed by atoms with van der Waals surface area (Å²) in [4.78, 5) is 16.7. The number of likely N-dealkylation sites (N-methyl/N-ethyl adjacent to an activating group) is 2. The molecule has 7 nitrogen and oxygen atoms in total. The zero-order chi connectivity index (χ0) is 27.9. The molecule has 10 heteroatoms. The molecule has 0 radical (unpaired) electrons. The van der Waals surface area contributed by atoms with Crippen LogP contribution in [0.25, 0.3) is 6.08 Å². The number of hydrogen-bond acceptors (Lipinski definition) is 6. The second-order valence-corrected chi connectivity index (χ2v) is 11.1. The third-order valence-corrected chi connectivity index (χ3v) is 9.43. The van der Waals surface area contributed by atoms with Crippen LogP contribution in [0.15, 0.2) is 42.5 Å². The number of carbonyl (C=O) groups is 1. The number of carbonyl (C=O) groups excluding carboxylic acids is 1. The molecule has 2 aromatic rings. The van der Waals surface area contributed by atoms with Crippen molar-refractivity contribution >= 4 is 12.0 Å². The lowest BCUT2D eigenvalue weighted by Gasteiger charge is -2.65. The van der Waals surface area contributed by atoms with Gasteiger partial charge in [0.2, 0.25) is 5.91 Å². The number of likely N-dealkylation sites (tertiary alicyclic amines) is 1. The number of ether oxygens (including phenoxy) is 1. The molecule has 4 aliphatic rings. The second kappa shape index (κ2) is 8.47. The Morgan fingerprint density at radius 3 is 2.79 bits per heavy atom. The maximum Gasteiger partial charge on any atom is 0.416 e. The molecule has 39 heavy (non-hydrogen) atoms. The molecule has 6 rings (SSSR count).